The van der Waals surface area contributed by atoms with Crippen molar-refractivity contribution in [2.75, 3.05) is 0 Å². The van der Waals surface area contributed by atoms with Gasteiger partial charge in [0, 0.05) is 17.2 Å². The minimum Gasteiger partial charge on any atom is -0.457 e. The van der Waals surface area contributed by atoms with Crippen LogP contribution in [0.1, 0.15) is 54.1 Å². The highest BCUT2D eigenvalue weighted by Crippen LogP contribution is 2.55. The first-order valence-corrected chi connectivity index (χ1v) is 16.2. The van der Waals surface area contributed by atoms with E-state index < -0.39 is 18.2 Å². The molecule has 6 heteroatoms. The molecule has 0 amide bonds. The summed E-state index contributed by atoms with van der Waals surface area (Å²) in [6.45, 7) is 11.1. The van der Waals surface area contributed by atoms with Crippen LogP contribution in [0.3, 0.4) is 0 Å². The lowest BCUT2D eigenvalue weighted by Gasteiger charge is -2.23. The Morgan fingerprint density at radius 2 is 0.909 bits per heavy atom. The van der Waals surface area contributed by atoms with E-state index in [0.717, 1.165) is 11.1 Å². The van der Waals surface area contributed by atoms with E-state index in [1.807, 2.05) is 114 Å². The topological polar surface area (TPSA) is 69.7 Å². The van der Waals surface area contributed by atoms with Gasteiger partial charge in [0.15, 0.2) is 0 Å². The maximum atomic E-state index is 15.7. The average molecular weight is 603 g/mol. The molecule has 0 bridgehead atoms. The first kappa shape index (κ1) is 30.7. The highest BCUT2D eigenvalue weighted by atomic mass is 31.2. The van der Waals surface area contributed by atoms with Gasteiger partial charge in [-0.25, -0.2) is 0 Å². The molecule has 5 rings (SSSR count). The van der Waals surface area contributed by atoms with Crippen molar-refractivity contribution in [3.05, 3.63) is 148 Å². The fraction of sp³-hybridized carbons (Fsp3) is 0.158. The molecule has 5 aromatic rings. The molecule has 44 heavy (non-hydrogen) atoms. The van der Waals surface area contributed by atoms with E-state index in [0.29, 0.717) is 39.5 Å². The molecule has 0 atom stereocenters. The summed E-state index contributed by atoms with van der Waals surface area (Å²) in [7, 11) is -4.57. The number of aryl methyl sites for hydroxylation is 6. The van der Waals surface area contributed by atoms with Gasteiger partial charge in [-0.1, -0.05) is 71.8 Å². The molecule has 5 nitrogen and oxygen atoms in total. The third kappa shape index (κ3) is 6.02. The standard InChI is InChI=1S/C38H35O5P/c1-24-19-26(3)35(27(4)20-24)37(39)44(41,38(40)36-28(5)21-25(2)22-29(36)6)34-18-17-32(42-30-13-9-7-10-14-30)23-33(34)43-31-15-11-8-12-16-31/h7-23H,1-6H3. The van der Waals surface area contributed by atoms with E-state index in [9.17, 15) is 9.59 Å². The second-order valence-electron chi connectivity index (χ2n) is 11.2. The second-order valence-corrected chi connectivity index (χ2v) is 13.7. The molecule has 0 spiro atoms. The average Bonchev–Trinajstić information content (AvgIpc) is 2.97. The van der Waals surface area contributed by atoms with Gasteiger partial charge in [-0.15, -0.1) is 0 Å². The number of hydrogen-bond acceptors (Lipinski definition) is 5. The highest BCUT2D eigenvalue weighted by Gasteiger charge is 2.47. The Kier molecular flexibility index (Phi) is 8.71. The van der Waals surface area contributed by atoms with Crippen LogP contribution in [0, 0.1) is 41.5 Å². The predicted octanol–water partition coefficient (Wildman–Crippen LogP) is 9.79. The minimum absolute atomic E-state index is 0.0236. The van der Waals surface area contributed by atoms with Gasteiger partial charge in [0.1, 0.15) is 23.0 Å². The molecule has 0 aliphatic carbocycles. The summed E-state index contributed by atoms with van der Waals surface area (Å²) < 4.78 is 28.0. The van der Waals surface area contributed by atoms with Crippen LogP contribution < -0.4 is 14.8 Å². The molecular formula is C38H35O5P. The van der Waals surface area contributed by atoms with Gasteiger partial charge in [0.25, 0.3) is 7.14 Å². The van der Waals surface area contributed by atoms with Crippen molar-refractivity contribution in [1.29, 1.82) is 0 Å². The quantitative estimate of drug-likeness (QED) is 0.157. The van der Waals surface area contributed by atoms with Crippen molar-refractivity contribution >= 4 is 23.5 Å². The molecule has 0 N–H and O–H groups in total. The molecule has 0 saturated heterocycles. The fourth-order valence-corrected chi connectivity index (χ4v) is 8.46. The third-order valence-corrected chi connectivity index (χ3v) is 10.2. The zero-order valence-electron chi connectivity index (χ0n) is 25.8. The minimum atomic E-state index is -4.57. The third-order valence-electron chi connectivity index (χ3n) is 7.57. The van der Waals surface area contributed by atoms with Crippen molar-refractivity contribution < 1.29 is 23.6 Å². The summed E-state index contributed by atoms with van der Waals surface area (Å²) in [6.07, 6.45) is 0. The predicted molar refractivity (Wildman–Crippen MR) is 177 cm³/mol. The summed E-state index contributed by atoms with van der Waals surface area (Å²) >= 11 is 0. The van der Waals surface area contributed by atoms with Crippen molar-refractivity contribution in [3.63, 3.8) is 0 Å². The van der Waals surface area contributed by atoms with Crippen molar-refractivity contribution in [3.8, 4) is 23.0 Å². The van der Waals surface area contributed by atoms with Gasteiger partial charge in [-0.2, -0.15) is 0 Å². The number of carbonyl (C=O) groups is 2. The van der Waals surface area contributed by atoms with E-state index in [4.69, 9.17) is 9.47 Å². The Morgan fingerprint density at radius 1 is 0.500 bits per heavy atom. The molecule has 0 aliphatic heterocycles. The van der Waals surface area contributed by atoms with Crippen LogP contribution in [0.4, 0.5) is 0 Å². The Hall–Kier alpha value is -4.73. The normalized spacial score (nSPS) is 11.2. The molecule has 0 radical (unpaired) electrons. The molecule has 0 saturated carbocycles. The molecule has 0 aliphatic rings. The number of benzene rings is 5. The van der Waals surface area contributed by atoms with Crippen LogP contribution in [0.5, 0.6) is 23.0 Å². The lowest BCUT2D eigenvalue weighted by Crippen LogP contribution is -2.24. The summed E-state index contributed by atoms with van der Waals surface area (Å²) in [5.74, 6) is 1.57. The molecule has 0 aromatic heterocycles. The Labute approximate surface area is 258 Å². The largest absolute Gasteiger partial charge is 0.457 e. The van der Waals surface area contributed by atoms with Crippen LogP contribution >= 0.6 is 7.14 Å². The Balaban J connectivity index is 1.78. The lowest BCUT2D eigenvalue weighted by atomic mass is 10.0. The van der Waals surface area contributed by atoms with Crippen LogP contribution in [-0.2, 0) is 4.57 Å². The van der Waals surface area contributed by atoms with Gasteiger partial charge < -0.3 is 14.0 Å². The van der Waals surface area contributed by atoms with Crippen LogP contribution in [-0.4, -0.2) is 11.0 Å². The summed E-state index contributed by atoms with van der Waals surface area (Å²) in [5.41, 5.74) is 3.71. The van der Waals surface area contributed by atoms with Crippen molar-refractivity contribution in [1.82, 2.24) is 0 Å². The van der Waals surface area contributed by atoms with Crippen LogP contribution in [0.25, 0.3) is 0 Å². The monoisotopic (exact) mass is 602 g/mol. The fourth-order valence-electron chi connectivity index (χ4n) is 5.80. The van der Waals surface area contributed by atoms with E-state index in [2.05, 4.69) is 0 Å². The van der Waals surface area contributed by atoms with Gasteiger partial charge in [-0.05, 0) is 100 Å². The number of para-hydroxylation sites is 2. The number of rotatable bonds is 9. The summed E-state index contributed by atoms with van der Waals surface area (Å²) in [5, 5.41) is 0.0236. The van der Waals surface area contributed by atoms with E-state index >= 15 is 4.57 Å². The van der Waals surface area contributed by atoms with E-state index in [-0.39, 0.29) is 22.2 Å². The first-order valence-electron chi connectivity index (χ1n) is 14.4. The van der Waals surface area contributed by atoms with Gasteiger partial charge >= 0.3 is 0 Å². The van der Waals surface area contributed by atoms with Gasteiger partial charge in [0.2, 0.25) is 11.0 Å². The van der Waals surface area contributed by atoms with Gasteiger partial charge in [0.05, 0.1) is 5.30 Å². The van der Waals surface area contributed by atoms with Crippen molar-refractivity contribution in [2.45, 2.75) is 41.5 Å². The number of ether oxygens (including phenoxy) is 2. The smallest absolute Gasteiger partial charge is 0.252 e. The maximum absolute atomic E-state index is 15.7. The molecule has 222 valence electrons. The lowest BCUT2D eigenvalue weighted by molar-refractivity contribution is 0.104. The summed E-state index contributed by atoms with van der Waals surface area (Å²) in [4.78, 5) is 29.5. The Bertz CT molecular complexity index is 1810. The molecule has 5 aromatic carbocycles. The highest BCUT2D eigenvalue weighted by molar-refractivity contribution is 8.01. The van der Waals surface area contributed by atoms with Crippen LogP contribution in [0.2, 0.25) is 0 Å². The SMILES string of the molecule is Cc1cc(C)c(C(=O)P(=O)(C(=O)c2c(C)cc(C)cc2C)c2ccc(Oc3ccccc3)cc2Oc2ccccc2)c(C)c1. The number of carbonyl (C=O) groups excluding carboxylic acids is 2. The molecule has 0 heterocycles. The molecule has 0 unspecified atom stereocenters. The van der Waals surface area contributed by atoms with E-state index in [1.54, 1.807) is 24.3 Å². The summed E-state index contributed by atoms with van der Waals surface area (Å²) in [6, 6.07) is 30.4. The van der Waals surface area contributed by atoms with Crippen molar-refractivity contribution in [2.24, 2.45) is 0 Å². The second kappa shape index (κ2) is 12.5. The number of hydrogen-bond donors (Lipinski definition) is 0. The Morgan fingerprint density at radius 3 is 1.34 bits per heavy atom. The van der Waals surface area contributed by atoms with E-state index in [1.165, 1.54) is 6.07 Å². The first-order chi connectivity index (χ1) is 21.0. The van der Waals surface area contributed by atoms with Gasteiger partial charge in [-0.3, -0.25) is 9.59 Å². The molecular weight excluding hydrogens is 567 g/mol. The zero-order chi connectivity index (χ0) is 31.6. The zero-order valence-corrected chi connectivity index (χ0v) is 26.7. The maximum Gasteiger partial charge on any atom is 0.252 e. The molecule has 0 fully saturated rings. The van der Waals surface area contributed by atoms with Crippen LogP contribution in [0.15, 0.2) is 103 Å².